The smallest absolute Gasteiger partial charge is 0.262 e. The molecule has 0 unspecified atom stereocenters. The molecule has 1 N–H and O–H groups in total. The molecule has 0 aliphatic heterocycles. The van der Waals surface area contributed by atoms with Crippen LogP contribution in [0.15, 0.2) is 29.3 Å². The molecule has 31 heavy (non-hydrogen) atoms. The van der Waals surface area contributed by atoms with Crippen molar-refractivity contribution < 1.29 is 14.3 Å². The number of hydrogen-bond donors (Lipinski definition) is 1. The molecular weight excluding hydrogens is 414 g/mol. The van der Waals surface area contributed by atoms with E-state index in [0.29, 0.717) is 41.7 Å². The SMILES string of the molecule is CCOc1ccc(OCC)c(NC(=O)Cn2cnc3sc4c(c3c2=O)CC[C@@H](C)C4)c1. The number of aromatic nitrogens is 2. The second kappa shape index (κ2) is 9.09. The monoisotopic (exact) mass is 441 g/mol. The molecule has 164 valence electrons. The van der Waals surface area contributed by atoms with E-state index in [0.717, 1.165) is 29.7 Å². The van der Waals surface area contributed by atoms with Crippen molar-refractivity contribution in [2.24, 2.45) is 5.92 Å². The Morgan fingerprint density at radius 3 is 2.87 bits per heavy atom. The standard InChI is InChI=1S/C23H27N3O4S/c1-4-29-15-7-9-18(30-5-2)17(11-15)25-20(27)12-26-13-24-22-21(23(26)28)16-8-6-14(3)10-19(16)31-22/h7,9,11,13-14H,4-6,8,10,12H2,1-3H3,(H,25,27)/t14-/m1/s1. The highest BCUT2D eigenvalue weighted by Gasteiger charge is 2.23. The number of fused-ring (bicyclic) bond motifs is 3. The Labute approximate surface area is 185 Å². The Hall–Kier alpha value is -2.87. The van der Waals surface area contributed by atoms with Crippen molar-refractivity contribution in [1.82, 2.24) is 9.55 Å². The Bertz CT molecular complexity index is 1170. The van der Waals surface area contributed by atoms with E-state index in [1.165, 1.54) is 15.8 Å². The van der Waals surface area contributed by atoms with Gasteiger partial charge in [-0.2, -0.15) is 0 Å². The van der Waals surface area contributed by atoms with E-state index in [4.69, 9.17) is 9.47 Å². The average Bonchev–Trinajstić information content (AvgIpc) is 3.10. The van der Waals surface area contributed by atoms with Gasteiger partial charge in [-0.25, -0.2) is 4.98 Å². The van der Waals surface area contributed by atoms with Gasteiger partial charge in [0.1, 0.15) is 22.9 Å². The van der Waals surface area contributed by atoms with Crippen molar-refractivity contribution >= 4 is 33.1 Å². The molecule has 0 saturated heterocycles. The molecule has 0 radical (unpaired) electrons. The number of nitrogens with one attached hydrogen (secondary N) is 1. The third kappa shape index (κ3) is 4.44. The van der Waals surface area contributed by atoms with Crippen molar-refractivity contribution in [1.29, 1.82) is 0 Å². The Kier molecular flexibility index (Phi) is 6.27. The Morgan fingerprint density at radius 2 is 2.10 bits per heavy atom. The number of aryl methyl sites for hydroxylation is 1. The minimum absolute atomic E-state index is 0.118. The summed E-state index contributed by atoms with van der Waals surface area (Å²) < 4.78 is 12.5. The maximum Gasteiger partial charge on any atom is 0.262 e. The van der Waals surface area contributed by atoms with Crippen LogP contribution >= 0.6 is 11.3 Å². The normalized spacial score (nSPS) is 15.5. The largest absolute Gasteiger partial charge is 0.494 e. The second-order valence-corrected chi connectivity index (χ2v) is 8.87. The van der Waals surface area contributed by atoms with Crippen LogP contribution in [0.3, 0.4) is 0 Å². The number of ether oxygens (including phenoxy) is 2. The fraction of sp³-hybridized carbons (Fsp3) is 0.435. The molecule has 7 nitrogen and oxygen atoms in total. The van der Waals surface area contributed by atoms with E-state index < -0.39 is 0 Å². The number of hydrogen-bond acceptors (Lipinski definition) is 6. The predicted molar refractivity (Wildman–Crippen MR) is 122 cm³/mol. The minimum atomic E-state index is -0.324. The Balaban J connectivity index is 1.59. The van der Waals surface area contributed by atoms with Crippen LogP contribution in [0.4, 0.5) is 5.69 Å². The summed E-state index contributed by atoms with van der Waals surface area (Å²) in [7, 11) is 0. The highest BCUT2D eigenvalue weighted by Crippen LogP contribution is 2.35. The number of anilines is 1. The molecule has 0 bridgehead atoms. The molecule has 1 aliphatic carbocycles. The lowest BCUT2D eigenvalue weighted by atomic mass is 9.89. The first kappa shape index (κ1) is 21.4. The maximum absolute atomic E-state index is 13.1. The summed E-state index contributed by atoms with van der Waals surface area (Å²) in [5.41, 5.74) is 1.48. The van der Waals surface area contributed by atoms with Crippen LogP contribution < -0.4 is 20.3 Å². The molecule has 0 saturated carbocycles. The molecule has 2 heterocycles. The van der Waals surface area contributed by atoms with Gasteiger partial charge >= 0.3 is 0 Å². The molecule has 1 aliphatic rings. The van der Waals surface area contributed by atoms with E-state index in [2.05, 4.69) is 17.2 Å². The highest BCUT2D eigenvalue weighted by molar-refractivity contribution is 7.18. The van der Waals surface area contributed by atoms with Crippen LogP contribution in [-0.4, -0.2) is 28.7 Å². The summed E-state index contributed by atoms with van der Waals surface area (Å²) in [6.45, 7) is 6.89. The van der Waals surface area contributed by atoms with Crippen molar-refractivity contribution in [3.63, 3.8) is 0 Å². The summed E-state index contributed by atoms with van der Waals surface area (Å²) in [5.74, 6) is 1.50. The average molecular weight is 442 g/mol. The van der Waals surface area contributed by atoms with Gasteiger partial charge in [-0.1, -0.05) is 6.92 Å². The van der Waals surface area contributed by atoms with Crippen LogP contribution in [0.25, 0.3) is 10.2 Å². The lowest BCUT2D eigenvalue weighted by Crippen LogP contribution is -2.28. The maximum atomic E-state index is 13.1. The van der Waals surface area contributed by atoms with Crippen LogP contribution in [0.5, 0.6) is 11.5 Å². The van der Waals surface area contributed by atoms with Crippen LogP contribution in [0.2, 0.25) is 0 Å². The molecule has 1 aromatic carbocycles. The first-order valence-corrected chi connectivity index (χ1v) is 11.5. The number of nitrogens with zero attached hydrogens (tertiary/aromatic N) is 2. The zero-order valence-corrected chi connectivity index (χ0v) is 18.9. The van der Waals surface area contributed by atoms with E-state index in [1.807, 2.05) is 13.8 Å². The number of benzene rings is 1. The van der Waals surface area contributed by atoms with E-state index >= 15 is 0 Å². The number of carbonyl (C=O) groups excluding carboxylic acids is 1. The minimum Gasteiger partial charge on any atom is -0.494 e. The summed E-state index contributed by atoms with van der Waals surface area (Å²) in [5, 5.41) is 3.53. The van der Waals surface area contributed by atoms with E-state index in [-0.39, 0.29) is 18.0 Å². The molecular formula is C23H27N3O4S. The van der Waals surface area contributed by atoms with Crippen molar-refractivity contribution in [2.45, 2.75) is 46.6 Å². The lowest BCUT2D eigenvalue weighted by Gasteiger charge is -2.17. The van der Waals surface area contributed by atoms with Gasteiger partial charge in [-0.05, 0) is 56.7 Å². The second-order valence-electron chi connectivity index (χ2n) is 7.78. The van der Waals surface area contributed by atoms with E-state index in [1.54, 1.807) is 29.5 Å². The highest BCUT2D eigenvalue weighted by atomic mass is 32.1. The van der Waals surface area contributed by atoms with Crippen molar-refractivity contribution in [3.05, 3.63) is 45.3 Å². The van der Waals surface area contributed by atoms with Gasteiger partial charge in [0, 0.05) is 10.9 Å². The lowest BCUT2D eigenvalue weighted by molar-refractivity contribution is -0.116. The van der Waals surface area contributed by atoms with Gasteiger partial charge in [0.2, 0.25) is 5.91 Å². The molecule has 1 atom stereocenters. The summed E-state index contributed by atoms with van der Waals surface area (Å²) in [6.07, 6.45) is 4.43. The molecule has 3 aromatic rings. The summed E-state index contributed by atoms with van der Waals surface area (Å²) in [6, 6.07) is 5.29. The van der Waals surface area contributed by atoms with Crippen LogP contribution in [0.1, 0.15) is 37.6 Å². The van der Waals surface area contributed by atoms with Crippen LogP contribution in [-0.2, 0) is 24.2 Å². The predicted octanol–water partition coefficient (Wildman–Crippen LogP) is 4.02. The molecule has 8 heteroatoms. The third-order valence-electron chi connectivity index (χ3n) is 5.43. The van der Waals surface area contributed by atoms with Gasteiger partial charge in [0.15, 0.2) is 0 Å². The first-order valence-electron chi connectivity index (χ1n) is 10.7. The number of carbonyl (C=O) groups is 1. The molecule has 4 rings (SSSR count). The number of thiophene rings is 1. The molecule has 0 spiro atoms. The topological polar surface area (TPSA) is 82.4 Å². The Morgan fingerprint density at radius 1 is 1.29 bits per heavy atom. The summed E-state index contributed by atoms with van der Waals surface area (Å²) in [4.78, 5) is 32.4. The quantitative estimate of drug-likeness (QED) is 0.599. The number of rotatable bonds is 7. The summed E-state index contributed by atoms with van der Waals surface area (Å²) >= 11 is 1.61. The number of amides is 1. The molecule has 2 aromatic heterocycles. The molecule has 1 amide bonds. The van der Waals surface area contributed by atoms with Gasteiger partial charge in [-0.15, -0.1) is 11.3 Å². The fourth-order valence-electron chi connectivity index (χ4n) is 3.97. The zero-order chi connectivity index (χ0) is 22.0. The van der Waals surface area contributed by atoms with E-state index in [9.17, 15) is 9.59 Å². The van der Waals surface area contributed by atoms with Crippen molar-refractivity contribution in [3.8, 4) is 11.5 Å². The van der Waals surface area contributed by atoms with Crippen LogP contribution in [0, 0.1) is 5.92 Å². The zero-order valence-electron chi connectivity index (χ0n) is 18.1. The van der Waals surface area contributed by atoms with Crippen molar-refractivity contribution in [2.75, 3.05) is 18.5 Å². The first-order chi connectivity index (χ1) is 15.0. The third-order valence-corrected chi connectivity index (χ3v) is 6.59. The van der Waals surface area contributed by atoms with Gasteiger partial charge < -0.3 is 14.8 Å². The van der Waals surface area contributed by atoms with Gasteiger partial charge in [0.05, 0.1) is 30.6 Å². The van der Waals surface area contributed by atoms with Gasteiger partial charge in [0.25, 0.3) is 5.56 Å². The van der Waals surface area contributed by atoms with Gasteiger partial charge in [-0.3, -0.25) is 14.2 Å². The fourth-order valence-corrected chi connectivity index (χ4v) is 5.31. The molecule has 0 fully saturated rings.